The van der Waals surface area contributed by atoms with Crippen molar-refractivity contribution in [1.29, 1.82) is 0 Å². The fourth-order valence-electron chi connectivity index (χ4n) is 4.22. The molecule has 0 bridgehead atoms. The molecule has 0 unspecified atom stereocenters. The highest BCUT2D eigenvalue weighted by atomic mass is 32.2. The fourth-order valence-corrected chi connectivity index (χ4v) is 5.52. The van der Waals surface area contributed by atoms with Gasteiger partial charge in [-0.15, -0.1) is 0 Å². The van der Waals surface area contributed by atoms with Gasteiger partial charge in [-0.05, 0) is 54.7 Å². The molecule has 0 radical (unpaired) electrons. The molecule has 3 aromatic rings. The van der Waals surface area contributed by atoms with Gasteiger partial charge in [-0.25, -0.2) is 13.1 Å². The Morgan fingerprint density at radius 1 is 0.892 bits per heavy atom. The van der Waals surface area contributed by atoms with Crippen LogP contribution in [0.2, 0.25) is 0 Å². The Bertz CT molecular complexity index is 1370. The highest BCUT2D eigenvalue weighted by molar-refractivity contribution is 7.89. The maximum atomic E-state index is 13.3. The maximum absolute atomic E-state index is 13.3. The summed E-state index contributed by atoms with van der Waals surface area (Å²) in [4.78, 5) is 28.0. The Kier molecular flexibility index (Phi) is 7.25. The van der Waals surface area contributed by atoms with Crippen molar-refractivity contribution in [3.63, 3.8) is 0 Å². The normalized spacial score (nSPS) is 17.0. The zero-order valence-electron chi connectivity index (χ0n) is 20.3. The summed E-state index contributed by atoms with van der Waals surface area (Å²) in [6.07, 6.45) is 1.57. The first-order valence-corrected chi connectivity index (χ1v) is 13.9. The van der Waals surface area contributed by atoms with E-state index in [2.05, 4.69) is 10.0 Å². The van der Waals surface area contributed by atoms with Crippen LogP contribution in [0.5, 0.6) is 5.75 Å². The van der Waals surface area contributed by atoms with E-state index in [1.807, 2.05) is 36.4 Å². The van der Waals surface area contributed by atoms with Crippen LogP contribution in [0, 0.1) is 0 Å². The number of rotatable bonds is 9. The van der Waals surface area contributed by atoms with Gasteiger partial charge >= 0.3 is 0 Å². The Labute approximate surface area is 216 Å². The van der Waals surface area contributed by atoms with Crippen LogP contribution in [0.15, 0.2) is 83.8 Å². The lowest BCUT2D eigenvalue weighted by Crippen LogP contribution is -2.50. The van der Waals surface area contributed by atoms with Crippen molar-refractivity contribution in [2.45, 2.75) is 49.3 Å². The van der Waals surface area contributed by atoms with Crippen molar-refractivity contribution in [1.82, 2.24) is 10.0 Å². The van der Waals surface area contributed by atoms with E-state index in [-0.39, 0.29) is 35.7 Å². The average molecular weight is 520 g/mol. The summed E-state index contributed by atoms with van der Waals surface area (Å²) >= 11 is 0. The van der Waals surface area contributed by atoms with Crippen molar-refractivity contribution >= 4 is 27.5 Å². The Balaban J connectivity index is 1.22. The standard InChI is InChI=1S/C28H29N3O5S/c32-27(17-12-20-10-15-23(16-11-20)37(34,35)30-22-13-14-22)31-19-26(36-25-9-5-4-8-24(25)31)28(33)29-18-21-6-2-1-3-7-21/h1-11,15-16,22,26,30H,12-14,17-19H2,(H,29,33)/t26-/m0/s1. The number of carbonyl (C=O) groups excluding carboxylic acids is 2. The summed E-state index contributed by atoms with van der Waals surface area (Å²) < 4.78 is 33.4. The Hall–Kier alpha value is -3.69. The molecule has 2 aliphatic rings. The van der Waals surface area contributed by atoms with E-state index in [0.29, 0.717) is 24.4 Å². The summed E-state index contributed by atoms with van der Waals surface area (Å²) in [5.41, 5.74) is 2.46. The Morgan fingerprint density at radius 2 is 1.59 bits per heavy atom. The number of ether oxygens (including phenoxy) is 1. The topological polar surface area (TPSA) is 105 Å². The van der Waals surface area contributed by atoms with E-state index >= 15 is 0 Å². The van der Waals surface area contributed by atoms with Gasteiger partial charge in [0, 0.05) is 19.0 Å². The molecular formula is C28H29N3O5S. The Morgan fingerprint density at radius 3 is 2.32 bits per heavy atom. The van der Waals surface area contributed by atoms with Crippen LogP contribution in [0.4, 0.5) is 5.69 Å². The molecule has 8 nitrogen and oxygen atoms in total. The SMILES string of the molecule is O=C(NCc1ccccc1)[C@@H]1CN(C(=O)CCc2ccc(S(=O)(=O)NC3CC3)cc2)c2ccccc2O1. The van der Waals surface area contributed by atoms with Gasteiger partial charge < -0.3 is 15.0 Å². The fraction of sp³-hybridized carbons (Fsp3) is 0.286. The first kappa shape index (κ1) is 25.0. The molecule has 1 heterocycles. The predicted octanol–water partition coefficient (Wildman–Crippen LogP) is 3.17. The second-order valence-corrected chi connectivity index (χ2v) is 11.0. The smallest absolute Gasteiger partial charge is 0.263 e. The van der Waals surface area contributed by atoms with Crippen LogP contribution >= 0.6 is 0 Å². The van der Waals surface area contributed by atoms with Crippen LogP contribution in [0.3, 0.4) is 0 Å². The van der Waals surface area contributed by atoms with Crippen LogP contribution in [-0.4, -0.2) is 38.9 Å². The minimum atomic E-state index is -3.51. The first-order chi connectivity index (χ1) is 17.9. The van der Waals surface area contributed by atoms with Gasteiger partial charge in [0.15, 0.2) is 6.10 Å². The number of fused-ring (bicyclic) bond motifs is 1. The largest absolute Gasteiger partial charge is 0.477 e. The van der Waals surface area contributed by atoms with Crippen molar-refractivity contribution in [3.05, 3.63) is 90.0 Å². The van der Waals surface area contributed by atoms with E-state index in [0.717, 1.165) is 24.0 Å². The summed E-state index contributed by atoms with van der Waals surface area (Å²) in [6, 6.07) is 23.4. The molecular weight excluding hydrogens is 490 g/mol. The van der Waals surface area contributed by atoms with Crippen LogP contribution in [0.1, 0.15) is 30.4 Å². The quantitative estimate of drug-likeness (QED) is 0.452. The summed E-state index contributed by atoms with van der Waals surface area (Å²) in [7, 11) is -3.51. The number of para-hydroxylation sites is 2. The average Bonchev–Trinajstić information content (AvgIpc) is 3.74. The minimum absolute atomic E-state index is 0.0444. The molecule has 9 heteroatoms. The van der Waals surface area contributed by atoms with Gasteiger partial charge in [-0.2, -0.15) is 0 Å². The number of hydrogen-bond acceptors (Lipinski definition) is 5. The molecule has 2 amide bonds. The molecule has 0 spiro atoms. The number of anilines is 1. The van der Waals surface area contributed by atoms with E-state index in [9.17, 15) is 18.0 Å². The summed E-state index contributed by atoms with van der Waals surface area (Å²) in [5, 5.41) is 2.89. The number of hydrogen-bond donors (Lipinski definition) is 2. The zero-order chi connectivity index (χ0) is 25.8. The number of nitrogens with zero attached hydrogens (tertiary/aromatic N) is 1. The number of nitrogens with one attached hydrogen (secondary N) is 2. The monoisotopic (exact) mass is 519 g/mol. The number of amides is 2. The van der Waals surface area contributed by atoms with E-state index in [1.54, 1.807) is 47.4 Å². The third kappa shape index (κ3) is 6.18. The van der Waals surface area contributed by atoms with Gasteiger partial charge in [0.25, 0.3) is 5.91 Å². The van der Waals surface area contributed by atoms with Crippen molar-refractivity contribution < 1.29 is 22.7 Å². The lowest BCUT2D eigenvalue weighted by atomic mass is 10.1. The lowest BCUT2D eigenvalue weighted by molar-refractivity contribution is -0.128. The molecule has 1 saturated carbocycles. The van der Waals surface area contributed by atoms with Crippen LogP contribution in [0.25, 0.3) is 0 Å². The van der Waals surface area contributed by atoms with Crippen LogP contribution in [-0.2, 0) is 32.6 Å². The second-order valence-electron chi connectivity index (χ2n) is 9.32. The van der Waals surface area contributed by atoms with Crippen LogP contribution < -0.4 is 19.7 Å². The minimum Gasteiger partial charge on any atom is -0.477 e. The second kappa shape index (κ2) is 10.7. The molecule has 1 aliphatic carbocycles. The third-order valence-corrected chi connectivity index (χ3v) is 7.97. The van der Waals surface area contributed by atoms with Gasteiger partial charge in [-0.1, -0.05) is 54.6 Å². The van der Waals surface area contributed by atoms with E-state index in [1.165, 1.54) is 0 Å². The molecule has 5 rings (SSSR count). The van der Waals surface area contributed by atoms with Crippen molar-refractivity contribution in [2.75, 3.05) is 11.4 Å². The number of aryl methyl sites for hydroxylation is 1. The van der Waals surface area contributed by atoms with Gasteiger partial charge in [0.1, 0.15) is 5.75 Å². The molecule has 1 fully saturated rings. The lowest BCUT2D eigenvalue weighted by Gasteiger charge is -2.34. The molecule has 0 saturated heterocycles. The number of benzene rings is 3. The molecule has 1 atom stereocenters. The van der Waals surface area contributed by atoms with Crippen molar-refractivity contribution in [2.24, 2.45) is 0 Å². The van der Waals surface area contributed by atoms with E-state index < -0.39 is 16.1 Å². The molecule has 0 aromatic heterocycles. The molecule has 2 N–H and O–H groups in total. The molecule has 37 heavy (non-hydrogen) atoms. The highest BCUT2D eigenvalue weighted by Crippen LogP contribution is 2.33. The van der Waals surface area contributed by atoms with E-state index in [4.69, 9.17) is 4.74 Å². The zero-order valence-corrected chi connectivity index (χ0v) is 21.1. The van der Waals surface area contributed by atoms with Gasteiger partial charge in [-0.3, -0.25) is 9.59 Å². The maximum Gasteiger partial charge on any atom is 0.263 e. The summed E-state index contributed by atoms with van der Waals surface area (Å²) in [6.45, 7) is 0.484. The molecule has 192 valence electrons. The molecule has 3 aromatic carbocycles. The number of sulfonamides is 1. The van der Waals surface area contributed by atoms with Gasteiger partial charge in [0.05, 0.1) is 17.1 Å². The first-order valence-electron chi connectivity index (χ1n) is 12.4. The number of carbonyl (C=O) groups is 2. The summed E-state index contributed by atoms with van der Waals surface area (Å²) in [5.74, 6) is 0.0659. The predicted molar refractivity (Wildman–Crippen MR) is 140 cm³/mol. The van der Waals surface area contributed by atoms with Crippen molar-refractivity contribution in [3.8, 4) is 5.75 Å². The third-order valence-electron chi connectivity index (χ3n) is 6.44. The van der Waals surface area contributed by atoms with Gasteiger partial charge in [0.2, 0.25) is 15.9 Å². The highest BCUT2D eigenvalue weighted by Gasteiger charge is 2.33. The molecule has 1 aliphatic heterocycles.